The van der Waals surface area contributed by atoms with Gasteiger partial charge in [0.15, 0.2) is 0 Å². The maximum absolute atomic E-state index is 13.9. The van der Waals surface area contributed by atoms with Gasteiger partial charge in [0.05, 0.1) is 11.7 Å². The number of likely N-dealkylation sites (N-methyl/N-ethyl adjacent to an activating group) is 1. The topological polar surface area (TPSA) is 35.6 Å². The summed E-state index contributed by atoms with van der Waals surface area (Å²) < 4.78 is 13.9. The van der Waals surface area contributed by atoms with Crippen LogP contribution in [0.1, 0.15) is 19.8 Å². The van der Waals surface area contributed by atoms with Crippen molar-refractivity contribution in [2.24, 2.45) is 5.41 Å². The Morgan fingerprint density at radius 1 is 1.45 bits per heavy atom. The Labute approximate surface area is 131 Å². The summed E-state index contributed by atoms with van der Waals surface area (Å²) in [5.74, 6) is -0.312. The molecule has 2 saturated heterocycles. The van der Waals surface area contributed by atoms with Crippen LogP contribution in [-0.2, 0) is 4.79 Å². The maximum Gasteiger partial charge on any atom is 0.244 e. The lowest BCUT2D eigenvalue weighted by Gasteiger charge is -2.32. The molecule has 1 aromatic carbocycles. The normalized spacial score (nSPS) is 28.8. The van der Waals surface area contributed by atoms with Gasteiger partial charge in [0, 0.05) is 19.6 Å². The van der Waals surface area contributed by atoms with E-state index < -0.39 is 0 Å². The molecule has 0 saturated carbocycles. The average molecular weight is 305 g/mol. The Hall–Kier alpha value is -1.46. The third-order valence-corrected chi connectivity index (χ3v) is 4.94. The maximum atomic E-state index is 13.9. The minimum absolute atomic E-state index is 0.0159. The largest absolute Gasteiger partial charge is 0.316 e. The van der Waals surface area contributed by atoms with Crippen LogP contribution in [0.5, 0.6) is 0 Å². The summed E-state index contributed by atoms with van der Waals surface area (Å²) in [7, 11) is 2.01. The number of nitrogens with zero attached hydrogens (tertiary/aromatic N) is 2. The van der Waals surface area contributed by atoms with Crippen molar-refractivity contribution in [2.75, 3.05) is 38.1 Å². The van der Waals surface area contributed by atoms with Crippen LogP contribution in [-0.4, -0.2) is 50.1 Å². The van der Waals surface area contributed by atoms with Gasteiger partial charge in [-0.2, -0.15) is 0 Å². The monoisotopic (exact) mass is 305 g/mol. The van der Waals surface area contributed by atoms with Crippen molar-refractivity contribution in [3.8, 4) is 0 Å². The zero-order valence-corrected chi connectivity index (χ0v) is 13.3. The van der Waals surface area contributed by atoms with E-state index >= 15 is 0 Å². The summed E-state index contributed by atoms with van der Waals surface area (Å²) in [6, 6.07) is 6.37. The number of para-hydroxylation sites is 1. The minimum atomic E-state index is -0.328. The highest BCUT2D eigenvalue weighted by atomic mass is 19.1. The van der Waals surface area contributed by atoms with Gasteiger partial charge in [-0.3, -0.25) is 9.69 Å². The molecule has 1 aromatic rings. The van der Waals surface area contributed by atoms with Crippen LogP contribution >= 0.6 is 0 Å². The van der Waals surface area contributed by atoms with Gasteiger partial charge in [-0.25, -0.2) is 4.39 Å². The van der Waals surface area contributed by atoms with E-state index in [1.54, 1.807) is 23.1 Å². The molecule has 0 aliphatic carbocycles. The number of anilines is 1. The molecular formula is C17H24FN3O. The molecule has 0 bridgehead atoms. The summed E-state index contributed by atoms with van der Waals surface area (Å²) in [6.45, 7) is 5.78. The van der Waals surface area contributed by atoms with Gasteiger partial charge in [-0.15, -0.1) is 0 Å². The molecule has 2 aliphatic heterocycles. The summed E-state index contributed by atoms with van der Waals surface area (Å²) >= 11 is 0. The van der Waals surface area contributed by atoms with E-state index in [-0.39, 0.29) is 23.2 Å². The third kappa shape index (κ3) is 2.88. The van der Waals surface area contributed by atoms with Crippen molar-refractivity contribution < 1.29 is 9.18 Å². The van der Waals surface area contributed by atoms with Gasteiger partial charge in [0.1, 0.15) is 5.82 Å². The summed E-state index contributed by atoms with van der Waals surface area (Å²) in [5, 5.41) is 3.39. The summed E-state index contributed by atoms with van der Waals surface area (Å²) in [6.07, 6.45) is 1.89. The molecule has 2 heterocycles. The molecule has 4 nitrogen and oxygen atoms in total. The SMILES string of the molecule is CN(CC1(C)CCNC1)C1CCN(c2ccccc2F)C1=O. The van der Waals surface area contributed by atoms with Crippen molar-refractivity contribution in [1.82, 2.24) is 10.2 Å². The Morgan fingerprint density at radius 3 is 2.91 bits per heavy atom. The molecule has 2 atom stereocenters. The van der Waals surface area contributed by atoms with E-state index in [0.717, 1.165) is 32.5 Å². The van der Waals surface area contributed by atoms with E-state index in [9.17, 15) is 9.18 Å². The van der Waals surface area contributed by atoms with Crippen LogP contribution in [0.25, 0.3) is 0 Å². The molecule has 1 N–H and O–H groups in total. The second-order valence-electron chi connectivity index (χ2n) is 6.90. The standard InChI is InChI=1S/C17H24FN3O/c1-17(8-9-19-11-17)12-20(2)15-7-10-21(16(15)22)14-6-4-3-5-13(14)18/h3-6,15,19H,7-12H2,1-2H3. The Bertz CT molecular complexity index is 557. The molecule has 0 aromatic heterocycles. The van der Waals surface area contributed by atoms with E-state index in [1.165, 1.54) is 6.07 Å². The first kappa shape index (κ1) is 15.4. The molecule has 2 unspecified atom stereocenters. The number of carbonyl (C=O) groups is 1. The van der Waals surface area contributed by atoms with Crippen molar-refractivity contribution in [3.63, 3.8) is 0 Å². The summed E-state index contributed by atoms with van der Waals surface area (Å²) in [4.78, 5) is 16.4. The molecule has 2 fully saturated rings. The highest BCUT2D eigenvalue weighted by Crippen LogP contribution is 2.30. The molecule has 5 heteroatoms. The van der Waals surface area contributed by atoms with E-state index in [4.69, 9.17) is 0 Å². The number of halogens is 1. The van der Waals surface area contributed by atoms with Crippen molar-refractivity contribution in [2.45, 2.75) is 25.8 Å². The first-order valence-electron chi connectivity index (χ1n) is 7.97. The van der Waals surface area contributed by atoms with E-state index in [1.807, 2.05) is 7.05 Å². The first-order valence-corrected chi connectivity index (χ1v) is 7.97. The van der Waals surface area contributed by atoms with Crippen LogP contribution in [0.2, 0.25) is 0 Å². The second kappa shape index (κ2) is 5.97. The Balaban J connectivity index is 1.69. The number of rotatable bonds is 4. The average Bonchev–Trinajstić information content (AvgIpc) is 3.06. The molecular weight excluding hydrogens is 281 g/mol. The molecule has 0 radical (unpaired) electrons. The van der Waals surface area contributed by atoms with Crippen LogP contribution in [0.4, 0.5) is 10.1 Å². The van der Waals surface area contributed by atoms with Crippen LogP contribution in [0.3, 0.4) is 0 Å². The van der Waals surface area contributed by atoms with Gasteiger partial charge in [-0.05, 0) is 44.0 Å². The fraction of sp³-hybridized carbons (Fsp3) is 0.588. The molecule has 0 spiro atoms. The van der Waals surface area contributed by atoms with E-state index in [2.05, 4.69) is 17.1 Å². The van der Waals surface area contributed by atoms with Crippen molar-refractivity contribution in [3.05, 3.63) is 30.1 Å². The van der Waals surface area contributed by atoms with Gasteiger partial charge < -0.3 is 10.2 Å². The Kier molecular flexibility index (Phi) is 4.19. The van der Waals surface area contributed by atoms with Gasteiger partial charge in [0.25, 0.3) is 0 Å². The zero-order chi connectivity index (χ0) is 15.7. The molecule has 2 aliphatic rings. The molecule has 1 amide bonds. The highest BCUT2D eigenvalue weighted by Gasteiger charge is 2.39. The van der Waals surface area contributed by atoms with Crippen LogP contribution < -0.4 is 10.2 Å². The number of amides is 1. The number of hydrogen-bond donors (Lipinski definition) is 1. The Morgan fingerprint density at radius 2 is 2.23 bits per heavy atom. The highest BCUT2D eigenvalue weighted by molar-refractivity contribution is 5.99. The molecule has 3 rings (SSSR count). The quantitative estimate of drug-likeness (QED) is 0.922. The van der Waals surface area contributed by atoms with Gasteiger partial charge in [0.2, 0.25) is 5.91 Å². The lowest BCUT2D eigenvalue weighted by atomic mass is 9.89. The predicted octanol–water partition coefficient (Wildman–Crippen LogP) is 1.86. The first-order chi connectivity index (χ1) is 10.5. The number of nitrogens with one attached hydrogen (secondary N) is 1. The van der Waals surface area contributed by atoms with Gasteiger partial charge in [-0.1, -0.05) is 19.1 Å². The van der Waals surface area contributed by atoms with Gasteiger partial charge >= 0.3 is 0 Å². The predicted molar refractivity (Wildman–Crippen MR) is 85.4 cm³/mol. The number of benzene rings is 1. The zero-order valence-electron chi connectivity index (χ0n) is 13.3. The smallest absolute Gasteiger partial charge is 0.244 e. The fourth-order valence-electron chi connectivity index (χ4n) is 3.70. The second-order valence-corrected chi connectivity index (χ2v) is 6.90. The van der Waals surface area contributed by atoms with Crippen LogP contribution in [0.15, 0.2) is 24.3 Å². The fourth-order valence-corrected chi connectivity index (χ4v) is 3.70. The van der Waals surface area contributed by atoms with Crippen LogP contribution in [0, 0.1) is 11.2 Å². The summed E-state index contributed by atoms with van der Waals surface area (Å²) in [5.41, 5.74) is 0.623. The minimum Gasteiger partial charge on any atom is -0.316 e. The van der Waals surface area contributed by atoms with Crippen molar-refractivity contribution >= 4 is 11.6 Å². The lowest BCUT2D eigenvalue weighted by molar-refractivity contribution is -0.121. The molecule has 22 heavy (non-hydrogen) atoms. The molecule has 120 valence electrons. The lowest BCUT2D eigenvalue weighted by Crippen LogP contribution is -2.45. The van der Waals surface area contributed by atoms with Crippen molar-refractivity contribution in [1.29, 1.82) is 0 Å². The number of carbonyl (C=O) groups excluding carboxylic acids is 1. The third-order valence-electron chi connectivity index (χ3n) is 4.94. The number of hydrogen-bond acceptors (Lipinski definition) is 3. The van der Waals surface area contributed by atoms with E-state index in [0.29, 0.717) is 12.2 Å².